The number of methoxy groups -OCH3 is 1. The summed E-state index contributed by atoms with van der Waals surface area (Å²) >= 11 is 0. The largest absolute Gasteiger partial charge is 0.497 e. The van der Waals surface area contributed by atoms with Gasteiger partial charge in [-0.2, -0.15) is 0 Å². The molecule has 0 aromatic heterocycles. The Morgan fingerprint density at radius 3 is 2.70 bits per heavy atom. The number of rotatable bonds is 7. The van der Waals surface area contributed by atoms with Gasteiger partial charge in [-0.15, -0.1) is 0 Å². The van der Waals surface area contributed by atoms with E-state index < -0.39 is 6.10 Å². The Bertz CT molecular complexity index is 655. The fourth-order valence-corrected chi connectivity index (χ4v) is 2.27. The Labute approximate surface area is 137 Å². The first-order valence-corrected chi connectivity index (χ1v) is 7.79. The number of amides is 1. The van der Waals surface area contributed by atoms with Crippen LogP contribution in [0, 0.1) is 0 Å². The van der Waals surface area contributed by atoms with Crippen molar-refractivity contribution in [1.29, 1.82) is 0 Å². The van der Waals surface area contributed by atoms with E-state index in [-0.39, 0.29) is 5.91 Å². The van der Waals surface area contributed by atoms with Gasteiger partial charge >= 0.3 is 0 Å². The van der Waals surface area contributed by atoms with Crippen LogP contribution in [0.1, 0.15) is 25.0 Å². The second-order valence-corrected chi connectivity index (χ2v) is 5.29. The Morgan fingerprint density at radius 2 is 1.96 bits per heavy atom. The van der Waals surface area contributed by atoms with Crippen molar-refractivity contribution in [3.8, 4) is 11.5 Å². The van der Waals surface area contributed by atoms with Crippen molar-refractivity contribution in [1.82, 2.24) is 5.32 Å². The van der Waals surface area contributed by atoms with E-state index in [0.717, 1.165) is 29.0 Å². The summed E-state index contributed by atoms with van der Waals surface area (Å²) < 4.78 is 11.0. The lowest BCUT2D eigenvalue weighted by atomic mass is 10.1. The SMILES string of the molecule is CCc1ccccc1OC(C)C(=O)NCc1cccc(OC)c1. The van der Waals surface area contributed by atoms with Crippen LogP contribution in [0.2, 0.25) is 0 Å². The minimum Gasteiger partial charge on any atom is -0.497 e. The van der Waals surface area contributed by atoms with E-state index in [2.05, 4.69) is 12.2 Å². The van der Waals surface area contributed by atoms with Gasteiger partial charge in [0.1, 0.15) is 11.5 Å². The normalized spacial score (nSPS) is 11.6. The van der Waals surface area contributed by atoms with E-state index in [1.54, 1.807) is 14.0 Å². The molecule has 0 aliphatic carbocycles. The highest BCUT2D eigenvalue weighted by Gasteiger charge is 2.15. The minimum absolute atomic E-state index is 0.140. The molecule has 2 rings (SSSR count). The van der Waals surface area contributed by atoms with Crippen molar-refractivity contribution in [3.63, 3.8) is 0 Å². The van der Waals surface area contributed by atoms with Gasteiger partial charge in [-0.1, -0.05) is 37.3 Å². The molecule has 0 radical (unpaired) electrons. The summed E-state index contributed by atoms with van der Waals surface area (Å²) in [7, 11) is 1.62. The number of carbonyl (C=O) groups is 1. The molecular formula is C19H23NO3. The number of nitrogens with one attached hydrogen (secondary N) is 1. The third-order valence-corrected chi connectivity index (χ3v) is 3.63. The van der Waals surface area contributed by atoms with E-state index in [4.69, 9.17) is 9.47 Å². The maximum Gasteiger partial charge on any atom is 0.261 e. The molecule has 122 valence electrons. The highest BCUT2D eigenvalue weighted by Crippen LogP contribution is 2.19. The van der Waals surface area contributed by atoms with Crippen LogP contribution >= 0.6 is 0 Å². The monoisotopic (exact) mass is 313 g/mol. The summed E-state index contributed by atoms with van der Waals surface area (Å²) in [5, 5.41) is 2.89. The van der Waals surface area contributed by atoms with Gasteiger partial charge in [0.15, 0.2) is 6.10 Å². The van der Waals surface area contributed by atoms with Gasteiger partial charge < -0.3 is 14.8 Å². The van der Waals surface area contributed by atoms with Crippen LogP contribution in [0.25, 0.3) is 0 Å². The van der Waals surface area contributed by atoms with Crippen LogP contribution < -0.4 is 14.8 Å². The molecule has 0 heterocycles. The van der Waals surface area contributed by atoms with Gasteiger partial charge in [0.25, 0.3) is 5.91 Å². The van der Waals surface area contributed by atoms with Gasteiger partial charge in [0, 0.05) is 6.54 Å². The molecule has 0 spiro atoms. The van der Waals surface area contributed by atoms with E-state index in [0.29, 0.717) is 6.54 Å². The van der Waals surface area contributed by atoms with Gasteiger partial charge in [-0.3, -0.25) is 4.79 Å². The molecule has 0 aliphatic heterocycles. The zero-order chi connectivity index (χ0) is 16.7. The molecule has 1 amide bonds. The Morgan fingerprint density at radius 1 is 1.17 bits per heavy atom. The van der Waals surface area contributed by atoms with Crippen molar-refractivity contribution in [2.24, 2.45) is 0 Å². The number of hydrogen-bond donors (Lipinski definition) is 1. The standard InChI is InChI=1S/C19H23NO3/c1-4-16-9-5-6-11-18(16)23-14(2)19(21)20-13-15-8-7-10-17(12-15)22-3/h5-12,14H,4,13H2,1-3H3,(H,20,21). The average molecular weight is 313 g/mol. The quantitative estimate of drug-likeness (QED) is 0.853. The van der Waals surface area contributed by atoms with E-state index in [1.165, 1.54) is 0 Å². The molecule has 1 N–H and O–H groups in total. The van der Waals surface area contributed by atoms with Crippen molar-refractivity contribution in [3.05, 3.63) is 59.7 Å². The smallest absolute Gasteiger partial charge is 0.261 e. The zero-order valence-electron chi connectivity index (χ0n) is 13.8. The Balaban J connectivity index is 1.92. The Kier molecular flexibility index (Phi) is 6.03. The zero-order valence-corrected chi connectivity index (χ0v) is 13.8. The van der Waals surface area contributed by atoms with E-state index >= 15 is 0 Å². The van der Waals surface area contributed by atoms with Crippen LogP contribution in [0.15, 0.2) is 48.5 Å². The maximum atomic E-state index is 12.2. The van der Waals surface area contributed by atoms with Crippen molar-refractivity contribution >= 4 is 5.91 Å². The molecule has 0 fully saturated rings. The topological polar surface area (TPSA) is 47.6 Å². The number of hydrogen-bond acceptors (Lipinski definition) is 3. The van der Waals surface area contributed by atoms with Crippen LogP contribution in [0.3, 0.4) is 0 Å². The lowest BCUT2D eigenvalue weighted by Crippen LogP contribution is -2.36. The first-order chi connectivity index (χ1) is 11.1. The van der Waals surface area contributed by atoms with Crippen LogP contribution in [-0.4, -0.2) is 19.1 Å². The molecule has 23 heavy (non-hydrogen) atoms. The lowest BCUT2D eigenvalue weighted by molar-refractivity contribution is -0.127. The number of benzene rings is 2. The summed E-state index contributed by atoms with van der Waals surface area (Å²) in [6.45, 7) is 4.27. The summed E-state index contributed by atoms with van der Waals surface area (Å²) in [6, 6.07) is 15.4. The van der Waals surface area contributed by atoms with Gasteiger partial charge in [0.2, 0.25) is 0 Å². The first kappa shape index (κ1) is 16.9. The average Bonchev–Trinajstić information content (AvgIpc) is 2.60. The van der Waals surface area contributed by atoms with Crippen LogP contribution in [0.5, 0.6) is 11.5 Å². The second kappa shape index (κ2) is 8.22. The molecular weight excluding hydrogens is 290 g/mol. The van der Waals surface area contributed by atoms with Gasteiger partial charge in [-0.25, -0.2) is 0 Å². The minimum atomic E-state index is -0.548. The molecule has 4 nitrogen and oxygen atoms in total. The number of ether oxygens (including phenoxy) is 2. The highest BCUT2D eigenvalue weighted by molar-refractivity contribution is 5.80. The molecule has 1 unspecified atom stereocenters. The third-order valence-electron chi connectivity index (χ3n) is 3.63. The van der Waals surface area contributed by atoms with E-state index in [9.17, 15) is 4.79 Å². The Hall–Kier alpha value is -2.49. The molecule has 0 aliphatic rings. The van der Waals surface area contributed by atoms with E-state index in [1.807, 2.05) is 48.5 Å². The molecule has 0 saturated carbocycles. The van der Waals surface area contributed by atoms with Crippen LogP contribution in [0.4, 0.5) is 0 Å². The third kappa shape index (κ3) is 4.74. The first-order valence-electron chi connectivity index (χ1n) is 7.79. The number of carbonyl (C=O) groups excluding carboxylic acids is 1. The van der Waals surface area contributed by atoms with Crippen molar-refractivity contribution in [2.45, 2.75) is 32.9 Å². The van der Waals surface area contributed by atoms with Crippen molar-refractivity contribution in [2.75, 3.05) is 7.11 Å². The van der Waals surface area contributed by atoms with Crippen molar-refractivity contribution < 1.29 is 14.3 Å². The second-order valence-electron chi connectivity index (χ2n) is 5.29. The predicted octanol–water partition coefficient (Wildman–Crippen LogP) is 3.34. The fraction of sp³-hybridized carbons (Fsp3) is 0.316. The van der Waals surface area contributed by atoms with Gasteiger partial charge in [0.05, 0.1) is 7.11 Å². The summed E-state index contributed by atoms with van der Waals surface area (Å²) in [4.78, 5) is 12.2. The molecule has 2 aromatic carbocycles. The lowest BCUT2D eigenvalue weighted by Gasteiger charge is -2.17. The predicted molar refractivity (Wildman–Crippen MR) is 90.8 cm³/mol. The summed E-state index contributed by atoms with van der Waals surface area (Å²) in [6.07, 6.45) is 0.322. The maximum absolute atomic E-state index is 12.2. The summed E-state index contributed by atoms with van der Waals surface area (Å²) in [5.41, 5.74) is 2.08. The molecule has 1 atom stereocenters. The molecule has 4 heteroatoms. The highest BCUT2D eigenvalue weighted by atomic mass is 16.5. The van der Waals surface area contributed by atoms with Crippen LogP contribution in [-0.2, 0) is 17.8 Å². The summed E-state index contributed by atoms with van der Waals surface area (Å²) in [5.74, 6) is 1.40. The number of para-hydroxylation sites is 1. The molecule has 0 bridgehead atoms. The molecule has 0 saturated heterocycles. The number of aryl methyl sites for hydroxylation is 1. The molecule has 2 aromatic rings. The van der Waals surface area contributed by atoms with Gasteiger partial charge in [-0.05, 0) is 42.7 Å². The fourth-order valence-electron chi connectivity index (χ4n) is 2.27.